The molecule has 0 saturated heterocycles. The fourth-order valence-electron chi connectivity index (χ4n) is 1.73. The van der Waals surface area contributed by atoms with Crippen molar-refractivity contribution >= 4 is 11.9 Å². The molecule has 2 N–H and O–H groups in total. The predicted molar refractivity (Wildman–Crippen MR) is 64.6 cm³/mol. The van der Waals surface area contributed by atoms with Gasteiger partial charge in [0.2, 0.25) is 0 Å². The Kier molecular flexibility index (Phi) is 3.60. The van der Waals surface area contributed by atoms with Gasteiger partial charge in [-0.15, -0.1) is 0 Å². The molecule has 3 amide bonds. The lowest BCUT2D eigenvalue weighted by molar-refractivity contribution is 0.0963. The lowest BCUT2D eigenvalue weighted by atomic mass is 10.2. The number of halogens is 1. The fourth-order valence-corrected chi connectivity index (χ4v) is 1.73. The van der Waals surface area contributed by atoms with E-state index in [1.165, 1.54) is 24.3 Å². The van der Waals surface area contributed by atoms with Crippen molar-refractivity contribution in [1.82, 2.24) is 10.6 Å². The molecule has 1 fully saturated rings. The molecule has 0 radical (unpaired) electrons. The van der Waals surface area contributed by atoms with E-state index in [0.717, 1.165) is 12.8 Å². The van der Waals surface area contributed by atoms with E-state index in [2.05, 4.69) is 10.6 Å². The number of nitrogens with one attached hydrogen (secondary N) is 2. The number of hydrogen-bond donors (Lipinski definition) is 2. The molecule has 0 unspecified atom stereocenters. The van der Waals surface area contributed by atoms with Crippen molar-refractivity contribution in [2.75, 3.05) is 0 Å². The van der Waals surface area contributed by atoms with Crippen LogP contribution < -0.4 is 10.6 Å². The van der Waals surface area contributed by atoms with E-state index in [4.69, 9.17) is 0 Å². The highest BCUT2D eigenvalue weighted by Crippen LogP contribution is 2.32. The van der Waals surface area contributed by atoms with Crippen LogP contribution in [0.2, 0.25) is 0 Å². The van der Waals surface area contributed by atoms with Crippen molar-refractivity contribution in [3.8, 4) is 0 Å². The summed E-state index contributed by atoms with van der Waals surface area (Å²) >= 11 is 0. The number of imide groups is 1. The smallest absolute Gasteiger partial charge is 0.321 e. The largest absolute Gasteiger partial charge is 0.335 e. The van der Waals surface area contributed by atoms with E-state index in [9.17, 15) is 14.0 Å². The third-order valence-electron chi connectivity index (χ3n) is 3.02. The summed E-state index contributed by atoms with van der Waals surface area (Å²) in [6, 6.07) is 4.60. The van der Waals surface area contributed by atoms with Crippen LogP contribution in [-0.4, -0.2) is 18.0 Å². The van der Waals surface area contributed by atoms with E-state index in [-0.39, 0.29) is 11.6 Å². The van der Waals surface area contributed by atoms with Crippen LogP contribution in [0.4, 0.5) is 9.18 Å². The Morgan fingerprint density at radius 3 is 2.44 bits per heavy atom. The van der Waals surface area contributed by atoms with Crippen LogP contribution in [0.5, 0.6) is 0 Å². The van der Waals surface area contributed by atoms with Crippen molar-refractivity contribution in [2.24, 2.45) is 5.92 Å². The van der Waals surface area contributed by atoms with Gasteiger partial charge in [-0.3, -0.25) is 10.1 Å². The molecule has 0 bridgehead atoms. The average Bonchev–Trinajstić information content (AvgIpc) is 3.13. The summed E-state index contributed by atoms with van der Waals surface area (Å²) in [4.78, 5) is 23.2. The topological polar surface area (TPSA) is 58.2 Å². The number of urea groups is 1. The van der Waals surface area contributed by atoms with Crippen molar-refractivity contribution in [3.05, 3.63) is 35.6 Å². The van der Waals surface area contributed by atoms with Crippen molar-refractivity contribution in [2.45, 2.75) is 25.8 Å². The van der Waals surface area contributed by atoms with Gasteiger partial charge in [0.05, 0.1) is 0 Å². The minimum atomic E-state index is -0.532. The maximum absolute atomic E-state index is 12.7. The number of hydrogen-bond acceptors (Lipinski definition) is 2. The average molecular weight is 250 g/mol. The summed E-state index contributed by atoms with van der Waals surface area (Å²) in [6.45, 7) is 1.92. The van der Waals surface area contributed by atoms with Crippen LogP contribution in [0, 0.1) is 11.7 Å². The minimum Gasteiger partial charge on any atom is -0.335 e. The second-order valence-electron chi connectivity index (χ2n) is 4.56. The lowest BCUT2D eigenvalue weighted by Crippen LogP contribution is -2.44. The second-order valence-corrected chi connectivity index (χ2v) is 4.56. The number of benzene rings is 1. The molecule has 1 aliphatic rings. The van der Waals surface area contributed by atoms with Gasteiger partial charge in [0, 0.05) is 11.6 Å². The van der Waals surface area contributed by atoms with E-state index < -0.39 is 17.8 Å². The molecule has 1 atom stereocenters. The van der Waals surface area contributed by atoms with Gasteiger partial charge in [0.15, 0.2) is 0 Å². The molecular formula is C13H15FN2O2. The second kappa shape index (κ2) is 5.16. The number of rotatable bonds is 3. The van der Waals surface area contributed by atoms with Crippen LogP contribution in [0.3, 0.4) is 0 Å². The highest BCUT2D eigenvalue weighted by molar-refractivity contribution is 6.04. The molecule has 0 aromatic heterocycles. The predicted octanol–water partition coefficient (Wildman–Crippen LogP) is 2.06. The van der Waals surface area contributed by atoms with Crippen molar-refractivity contribution < 1.29 is 14.0 Å². The molecule has 1 saturated carbocycles. The molecule has 18 heavy (non-hydrogen) atoms. The standard InChI is InChI=1S/C13H15FN2O2/c1-8(9-2-3-9)15-13(18)16-12(17)10-4-6-11(14)7-5-10/h4-9H,2-3H2,1H3,(H2,15,16,17,18)/t8-/m0/s1. The van der Waals surface area contributed by atoms with Crippen molar-refractivity contribution in [3.63, 3.8) is 0 Å². The first kappa shape index (κ1) is 12.5. The summed E-state index contributed by atoms with van der Waals surface area (Å²) in [6.07, 6.45) is 2.24. The molecule has 0 heterocycles. The van der Waals surface area contributed by atoms with Gasteiger partial charge in [-0.05, 0) is 49.9 Å². The van der Waals surface area contributed by atoms with Crippen LogP contribution >= 0.6 is 0 Å². The first-order valence-electron chi connectivity index (χ1n) is 5.93. The van der Waals surface area contributed by atoms with E-state index in [0.29, 0.717) is 5.92 Å². The molecule has 5 heteroatoms. The molecule has 96 valence electrons. The highest BCUT2D eigenvalue weighted by Gasteiger charge is 2.29. The Morgan fingerprint density at radius 1 is 1.28 bits per heavy atom. The molecule has 1 aliphatic carbocycles. The monoisotopic (exact) mass is 250 g/mol. The zero-order chi connectivity index (χ0) is 13.1. The van der Waals surface area contributed by atoms with Gasteiger partial charge in [0.25, 0.3) is 5.91 Å². The Bertz CT molecular complexity index is 455. The SMILES string of the molecule is C[C@H](NC(=O)NC(=O)c1ccc(F)cc1)C1CC1. The van der Waals surface area contributed by atoms with Gasteiger partial charge in [-0.1, -0.05) is 0 Å². The first-order valence-corrected chi connectivity index (χ1v) is 5.93. The molecule has 0 aliphatic heterocycles. The Labute approximate surface area is 105 Å². The van der Waals surface area contributed by atoms with Gasteiger partial charge in [-0.25, -0.2) is 9.18 Å². The van der Waals surface area contributed by atoms with E-state index >= 15 is 0 Å². The highest BCUT2D eigenvalue weighted by atomic mass is 19.1. The van der Waals surface area contributed by atoms with Gasteiger partial charge >= 0.3 is 6.03 Å². The minimum absolute atomic E-state index is 0.0750. The summed E-state index contributed by atoms with van der Waals surface area (Å²) in [5.41, 5.74) is 0.255. The normalized spacial score (nSPS) is 15.9. The fraction of sp³-hybridized carbons (Fsp3) is 0.385. The zero-order valence-electron chi connectivity index (χ0n) is 10.1. The van der Waals surface area contributed by atoms with Crippen molar-refractivity contribution in [1.29, 1.82) is 0 Å². The third-order valence-corrected chi connectivity index (χ3v) is 3.02. The zero-order valence-corrected chi connectivity index (χ0v) is 10.1. The Morgan fingerprint density at radius 2 is 1.89 bits per heavy atom. The van der Waals surface area contributed by atoms with Crippen LogP contribution in [0.25, 0.3) is 0 Å². The maximum atomic E-state index is 12.7. The summed E-state index contributed by atoms with van der Waals surface area (Å²) in [5, 5.41) is 4.93. The quantitative estimate of drug-likeness (QED) is 0.862. The Balaban J connectivity index is 1.86. The molecule has 2 rings (SSSR count). The molecule has 0 spiro atoms. The van der Waals surface area contributed by atoms with Crippen LogP contribution in [0.1, 0.15) is 30.1 Å². The Hall–Kier alpha value is -1.91. The van der Waals surface area contributed by atoms with Crippen LogP contribution in [0.15, 0.2) is 24.3 Å². The van der Waals surface area contributed by atoms with Crippen LogP contribution in [-0.2, 0) is 0 Å². The number of carbonyl (C=O) groups is 2. The van der Waals surface area contributed by atoms with Gasteiger partial charge in [0.1, 0.15) is 5.82 Å². The molecule has 1 aromatic carbocycles. The summed E-state index contributed by atoms with van der Waals surface area (Å²) in [7, 11) is 0. The number of amides is 3. The van der Waals surface area contributed by atoms with Gasteiger partial charge < -0.3 is 5.32 Å². The molecular weight excluding hydrogens is 235 g/mol. The first-order chi connectivity index (χ1) is 8.56. The molecule has 4 nitrogen and oxygen atoms in total. The van der Waals surface area contributed by atoms with E-state index in [1.807, 2.05) is 6.92 Å². The van der Waals surface area contributed by atoms with E-state index in [1.54, 1.807) is 0 Å². The number of carbonyl (C=O) groups excluding carboxylic acids is 2. The van der Waals surface area contributed by atoms with Gasteiger partial charge in [-0.2, -0.15) is 0 Å². The third kappa shape index (κ3) is 3.29. The lowest BCUT2D eigenvalue weighted by Gasteiger charge is -2.12. The summed E-state index contributed by atoms with van der Waals surface area (Å²) < 4.78 is 12.7. The summed E-state index contributed by atoms with van der Waals surface area (Å²) in [5.74, 6) is -0.425. The maximum Gasteiger partial charge on any atom is 0.321 e. The molecule has 1 aromatic rings.